The Labute approximate surface area is 189 Å². The molecule has 0 unspecified atom stereocenters. The molecule has 1 aromatic carbocycles. The fraction of sp³-hybridized carbons (Fsp3) is 0.625. The average molecular weight is 448 g/mol. The van der Waals surface area contributed by atoms with Gasteiger partial charge in [-0.1, -0.05) is 6.92 Å². The standard InChI is InChI=1S/C24H34FN3O4/c1-2-13-26-24(31)28(21-11-16-32-17-12-21)20-9-14-27(15-10-20)23(30)8-7-22(29)18-3-5-19(25)6-4-18/h3-6,20-21H,2,7-17H2,1H3,(H,26,31). The van der Waals surface area contributed by atoms with Crippen LogP contribution < -0.4 is 5.32 Å². The number of hydrogen-bond donors (Lipinski definition) is 1. The van der Waals surface area contributed by atoms with E-state index < -0.39 is 5.82 Å². The Morgan fingerprint density at radius 2 is 1.66 bits per heavy atom. The maximum Gasteiger partial charge on any atom is 0.317 e. The number of rotatable bonds is 8. The SMILES string of the molecule is CCCNC(=O)N(C1CCOCC1)C1CCN(C(=O)CCC(=O)c2ccc(F)cc2)CC1. The summed E-state index contributed by atoms with van der Waals surface area (Å²) in [6.45, 7) is 5.18. The molecule has 1 N–H and O–H groups in total. The van der Waals surface area contributed by atoms with E-state index >= 15 is 0 Å². The van der Waals surface area contributed by atoms with E-state index in [0.29, 0.717) is 38.4 Å². The highest BCUT2D eigenvalue weighted by Crippen LogP contribution is 2.24. The maximum atomic E-state index is 13.0. The van der Waals surface area contributed by atoms with E-state index in [2.05, 4.69) is 5.32 Å². The van der Waals surface area contributed by atoms with Crippen LogP contribution in [0.25, 0.3) is 0 Å². The summed E-state index contributed by atoms with van der Waals surface area (Å²) in [7, 11) is 0. The van der Waals surface area contributed by atoms with Gasteiger partial charge in [-0.2, -0.15) is 0 Å². The van der Waals surface area contributed by atoms with Crippen molar-refractivity contribution in [3.63, 3.8) is 0 Å². The molecule has 2 saturated heterocycles. The van der Waals surface area contributed by atoms with Gasteiger partial charge in [0.15, 0.2) is 5.78 Å². The van der Waals surface area contributed by atoms with Crippen molar-refractivity contribution in [2.75, 3.05) is 32.8 Å². The van der Waals surface area contributed by atoms with Crippen molar-refractivity contribution in [3.05, 3.63) is 35.6 Å². The van der Waals surface area contributed by atoms with Crippen molar-refractivity contribution in [3.8, 4) is 0 Å². The molecule has 2 heterocycles. The molecule has 3 rings (SSSR count). The van der Waals surface area contributed by atoms with Gasteiger partial charge in [0.2, 0.25) is 5.91 Å². The van der Waals surface area contributed by atoms with Crippen molar-refractivity contribution < 1.29 is 23.5 Å². The second-order valence-corrected chi connectivity index (χ2v) is 8.52. The molecule has 7 nitrogen and oxygen atoms in total. The minimum absolute atomic E-state index is 0.0200. The highest BCUT2D eigenvalue weighted by molar-refractivity contribution is 5.97. The fourth-order valence-electron chi connectivity index (χ4n) is 4.47. The Hall–Kier alpha value is -2.48. The topological polar surface area (TPSA) is 79.0 Å². The number of carbonyl (C=O) groups is 3. The molecule has 0 atom stereocenters. The van der Waals surface area contributed by atoms with Gasteiger partial charge in [-0.15, -0.1) is 0 Å². The van der Waals surface area contributed by atoms with Gasteiger partial charge in [-0.05, 0) is 56.4 Å². The summed E-state index contributed by atoms with van der Waals surface area (Å²) in [5.74, 6) is -0.600. The number of hydrogen-bond acceptors (Lipinski definition) is 4. The molecule has 176 valence electrons. The van der Waals surface area contributed by atoms with Crippen molar-refractivity contribution in [2.24, 2.45) is 0 Å². The molecule has 2 aliphatic heterocycles. The molecule has 2 fully saturated rings. The number of ether oxygens (including phenoxy) is 1. The third-order valence-corrected chi connectivity index (χ3v) is 6.29. The Morgan fingerprint density at radius 3 is 2.28 bits per heavy atom. The zero-order chi connectivity index (χ0) is 22.9. The Morgan fingerprint density at radius 1 is 1.03 bits per heavy atom. The van der Waals surface area contributed by atoms with Crippen LogP contribution in [0, 0.1) is 5.82 Å². The minimum Gasteiger partial charge on any atom is -0.381 e. The van der Waals surface area contributed by atoms with E-state index in [1.165, 1.54) is 24.3 Å². The Kier molecular flexibility index (Phi) is 9.02. The number of halogens is 1. The molecule has 3 amide bonds. The predicted octanol–water partition coefficient (Wildman–Crippen LogP) is 3.38. The summed E-state index contributed by atoms with van der Waals surface area (Å²) in [6, 6.07) is 5.64. The lowest BCUT2D eigenvalue weighted by Gasteiger charge is -2.43. The predicted molar refractivity (Wildman–Crippen MR) is 119 cm³/mol. The third kappa shape index (κ3) is 6.51. The van der Waals surface area contributed by atoms with Crippen LogP contribution in [0.2, 0.25) is 0 Å². The first-order valence-corrected chi connectivity index (χ1v) is 11.7. The number of benzene rings is 1. The quantitative estimate of drug-likeness (QED) is 0.620. The molecule has 32 heavy (non-hydrogen) atoms. The lowest BCUT2D eigenvalue weighted by molar-refractivity contribution is -0.132. The van der Waals surface area contributed by atoms with E-state index in [4.69, 9.17) is 4.74 Å². The molecule has 0 aliphatic carbocycles. The number of carbonyl (C=O) groups excluding carboxylic acids is 3. The van der Waals surface area contributed by atoms with E-state index in [-0.39, 0.29) is 42.6 Å². The van der Waals surface area contributed by atoms with Crippen LogP contribution in [0.1, 0.15) is 62.2 Å². The fourth-order valence-corrected chi connectivity index (χ4v) is 4.47. The summed E-state index contributed by atoms with van der Waals surface area (Å²) in [5.41, 5.74) is 0.420. The summed E-state index contributed by atoms with van der Waals surface area (Å²) >= 11 is 0. The molecule has 1 aromatic rings. The second kappa shape index (κ2) is 11.9. The van der Waals surface area contributed by atoms with Gasteiger partial charge >= 0.3 is 6.03 Å². The number of likely N-dealkylation sites (tertiary alicyclic amines) is 1. The summed E-state index contributed by atoms with van der Waals surface area (Å²) < 4.78 is 18.5. The summed E-state index contributed by atoms with van der Waals surface area (Å²) in [5, 5.41) is 3.02. The smallest absolute Gasteiger partial charge is 0.317 e. The molecule has 0 saturated carbocycles. The Balaban J connectivity index is 1.51. The van der Waals surface area contributed by atoms with Crippen LogP contribution in [0.3, 0.4) is 0 Å². The van der Waals surface area contributed by atoms with E-state index in [1.807, 2.05) is 11.8 Å². The lowest BCUT2D eigenvalue weighted by atomic mass is 9.97. The maximum absolute atomic E-state index is 13.0. The largest absolute Gasteiger partial charge is 0.381 e. The van der Waals surface area contributed by atoms with Gasteiger partial charge in [0.05, 0.1) is 0 Å². The van der Waals surface area contributed by atoms with Crippen LogP contribution in [-0.2, 0) is 9.53 Å². The number of amides is 3. The second-order valence-electron chi connectivity index (χ2n) is 8.52. The van der Waals surface area contributed by atoms with Gasteiger partial charge in [0.25, 0.3) is 0 Å². The van der Waals surface area contributed by atoms with Crippen LogP contribution in [0.4, 0.5) is 9.18 Å². The number of Topliss-reactive ketones (excluding diaryl/α,β-unsaturated/α-hetero) is 1. The van der Waals surface area contributed by atoms with Gasteiger partial charge in [-0.25, -0.2) is 9.18 Å². The molecule has 2 aliphatic rings. The van der Waals surface area contributed by atoms with Crippen molar-refractivity contribution in [1.29, 1.82) is 0 Å². The Bertz CT molecular complexity index is 772. The molecule has 0 spiro atoms. The zero-order valence-corrected chi connectivity index (χ0v) is 18.9. The zero-order valence-electron chi connectivity index (χ0n) is 18.9. The first kappa shape index (κ1) is 24.2. The van der Waals surface area contributed by atoms with Crippen LogP contribution in [0.5, 0.6) is 0 Å². The molecule has 8 heteroatoms. The highest BCUT2D eigenvalue weighted by Gasteiger charge is 2.34. The molecular formula is C24H34FN3O4. The highest BCUT2D eigenvalue weighted by atomic mass is 19.1. The number of piperidine rings is 1. The molecular weight excluding hydrogens is 413 g/mol. The van der Waals surface area contributed by atoms with E-state index in [0.717, 1.165) is 32.1 Å². The van der Waals surface area contributed by atoms with Gasteiger partial charge < -0.3 is 19.9 Å². The molecule has 0 radical (unpaired) electrons. The van der Waals surface area contributed by atoms with E-state index in [9.17, 15) is 18.8 Å². The van der Waals surface area contributed by atoms with E-state index in [1.54, 1.807) is 4.90 Å². The normalized spacial score (nSPS) is 17.8. The van der Waals surface area contributed by atoms with Crippen LogP contribution in [0.15, 0.2) is 24.3 Å². The average Bonchev–Trinajstić information content (AvgIpc) is 2.82. The monoisotopic (exact) mass is 447 g/mol. The van der Waals surface area contributed by atoms with Crippen molar-refractivity contribution in [1.82, 2.24) is 15.1 Å². The van der Waals surface area contributed by atoms with Gasteiger partial charge in [0.1, 0.15) is 5.82 Å². The van der Waals surface area contributed by atoms with Crippen LogP contribution >= 0.6 is 0 Å². The molecule has 0 aromatic heterocycles. The number of ketones is 1. The number of nitrogens with one attached hydrogen (secondary N) is 1. The lowest BCUT2D eigenvalue weighted by Crippen LogP contribution is -2.56. The third-order valence-electron chi connectivity index (χ3n) is 6.29. The summed E-state index contributed by atoms with van der Waals surface area (Å²) in [6.07, 6.45) is 4.27. The number of urea groups is 1. The van der Waals surface area contributed by atoms with Gasteiger partial charge in [-0.3, -0.25) is 9.59 Å². The van der Waals surface area contributed by atoms with Crippen molar-refractivity contribution in [2.45, 2.75) is 64.0 Å². The minimum atomic E-state index is -0.390. The number of nitrogens with zero attached hydrogens (tertiary/aromatic N) is 2. The van der Waals surface area contributed by atoms with Gasteiger partial charge in [0, 0.05) is 63.3 Å². The molecule has 0 bridgehead atoms. The first-order chi connectivity index (χ1) is 15.5. The summed E-state index contributed by atoms with van der Waals surface area (Å²) in [4.78, 5) is 41.6. The van der Waals surface area contributed by atoms with Crippen molar-refractivity contribution >= 4 is 17.7 Å². The van der Waals surface area contributed by atoms with Crippen LogP contribution in [-0.4, -0.2) is 72.5 Å². The first-order valence-electron chi connectivity index (χ1n) is 11.7.